The molecule has 0 aliphatic carbocycles. The van der Waals surface area contributed by atoms with Crippen LogP contribution in [0.1, 0.15) is 34.8 Å². The monoisotopic (exact) mass is 352 g/mol. The molecule has 0 bridgehead atoms. The van der Waals surface area contributed by atoms with Crippen molar-refractivity contribution in [2.75, 3.05) is 13.7 Å². The van der Waals surface area contributed by atoms with Crippen molar-refractivity contribution in [2.45, 2.75) is 18.9 Å². The lowest BCUT2D eigenvalue weighted by Crippen LogP contribution is -2.34. The van der Waals surface area contributed by atoms with Gasteiger partial charge in [0.1, 0.15) is 17.0 Å². The number of aromatic nitrogens is 3. The van der Waals surface area contributed by atoms with E-state index in [1.807, 2.05) is 24.3 Å². The van der Waals surface area contributed by atoms with E-state index in [1.54, 1.807) is 23.7 Å². The molecule has 0 spiro atoms. The number of nitrogens with zero attached hydrogens (tertiary/aromatic N) is 3. The number of carbonyl (C=O) groups excluding carboxylic acids is 1. The second-order valence-corrected chi connectivity index (χ2v) is 6.50. The molecule has 1 aromatic carbocycles. The van der Waals surface area contributed by atoms with Gasteiger partial charge >= 0.3 is 0 Å². The van der Waals surface area contributed by atoms with Gasteiger partial charge in [-0.3, -0.25) is 14.3 Å². The summed E-state index contributed by atoms with van der Waals surface area (Å²) >= 11 is 0. The fourth-order valence-corrected chi connectivity index (χ4v) is 3.64. The number of likely N-dealkylation sites (tertiary alicyclic amines) is 1. The molecule has 1 aliphatic heterocycles. The smallest absolute Gasteiger partial charge is 0.259 e. The number of benzene rings is 1. The summed E-state index contributed by atoms with van der Waals surface area (Å²) in [6.07, 6.45) is 4.76. The largest absolute Gasteiger partial charge is 0.497 e. The van der Waals surface area contributed by atoms with E-state index in [0.717, 1.165) is 24.2 Å². The van der Waals surface area contributed by atoms with Crippen molar-refractivity contribution in [3.8, 4) is 5.75 Å². The van der Waals surface area contributed by atoms with Crippen molar-refractivity contribution in [3.05, 3.63) is 58.0 Å². The van der Waals surface area contributed by atoms with E-state index in [1.165, 1.54) is 12.4 Å². The van der Waals surface area contributed by atoms with Gasteiger partial charge in [0.2, 0.25) is 5.43 Å². The minimum absolute atomic E-state index is 0.0541. The maximum atomic E-state index is 13.1. The highest BCUT2D eigenvalue weighted by Crippen LogP contribution is 2.34. The van der Waals surface area contributed by atoms with Crippen LogP contribution in [-0.2, 0) is 7.05 Å². The van der Waals surface area contributed by atoms with Crippen molar-refractivity contribution in [3.63, 3.8) is 0 Å². The molecular formula is C19H20N4O3. The van der Waals surface area contributed by atoms with Crippen LogP contribution < -0.4 is 10.2 Å². The van der Waals surface area contributed by atoms with Gasteiger partial charge in [0, 0.05) is 19.8 Å². The lowest BCUT2D eigenvalue weighted by Gasteiger charge is -2.25. The van der Waals surface area contributed by atoms with Gasteiger partial charge < -0.3 is 14.6 Å². The maximum absolute atomic E-state index is 13.1. The van der Waals surface area contributed by atoms with E-state index in [-0.39, 0.29) is 22.9 Å². The van der Waals surface area contributed by atoms with Crippen LogP contribution in [0.15, 0.2) is 41.5 Å². The van der Waals surface area contributed by atoms with Crippen LogP contribution in [0.2, 0.25) is 0 Å². The standard InChI is InChI=1S/C19H20N4O3/c1-22-18-14(11-21-22)17(24)15(10-20-18)19(25)23-8-4-7-16(23)12-5-3-6-13(9-12)26-2/h3,5-6,9-11,16H,4,7-8H2,1-2H3,(H,20,24). The number of H-pyrrole nitrogens is 1. The van der Waals surface area contributed by atoms with Gasteiger partial charge in [0.15, 0.2) is 0 Å². The van der Waals surface area contributed by atoms with Gasteiger partial charge in [0.05, 0.1) is 24.7 Å². The van der Waals surface area contributed by atoms with Crippen LogP contribution >= 0.6 is 0 Å². The number of carbonyl (C=O) groups is 1. The molecule has 3 aromatic rings. The first kappa shape index (κ1) is 16.4. The molecule has 4 rings (SSSR count). The number of pyridine rings is 1. The van der Waals surface area contributed by atoms with Crippen molar-refractivity contribution < 1.29 is 9.53 Å². The molecule has 1 N–H and O–H groups in total. The molecule has 0 saturated carbocycles. The van der Waals surface area contributed by atoms with E-state index >= 15 is 0 Å². The zero-order valence-electron chi connectivity index (χ0n) is 14.7. The third kappa shape index (κ3) is 2.56. The van der Waals surface area contributed by atoms with E-state index in [4.69, 9.17) is 4.74 Å². The van der Waals surface area contributed by atoms with Crippen LogP contribution in [0, 0.1) is 0 Å². The average molecular weight is 352 g/mol. The summed E-state index contributed by atoms with van der Waals surface area (Å²) in [7, 11) is 3.37. The molecule has 134 valence electrons. The van der Waals surface area contributed by atoms with Crippen molar-refractivity contribution in [1.29, 1.82) is 0 Å². The van der Waals surface area contributed by atoms with Crippen LogP contribution in [-0.4, -0.2) is 39.2 Å². The summed E-state index contributed by atoms with van der Waals surface area (Å²) in [5, 5.41) is 4.51. The minimum Gasteiger partial charge on any atom is -0.497 e. The Kier molecular flexibility index (Phi) is 3.99. The number of fused-ring (bicyclic) bond motifs is 1. The number of amides is 1. The maximum Gasteiger partial charge on any atom is 0.259 e. The van der Waals surface area contributed by atoms with E-state index < -0.39 is 0 Å². The third-order valence-electron chi connectivity index (χ3n) is 5.00. The molecule has 1 unspecified atom stereocenters. The minimum atomic E-state index is -0.284. The van der Waals surface area contributed by atoms with Gasteiger partial charge in [-0.1, -0.05) is 12.1 Å². The number of hydrogen-bond donors (Lipinski definition) is 1. The Morgan fingerprint density at radius 1 is 1.38 bits per heavy atom. The van der Waals surface area contributed by atoms with Crippen molar-refractivity contribution >= 4 is 16.9 Å². The van der Waals surface area contributed by atoms with Gasteiger partial charge in [0.25, 0.3) is 5.91 Å². The predicted octanol–water partition coefficient (Wildman–Crippen LogP) is 2.25. The van der Waals surface area contributed by atoms with Crippen molar-refractivity contribution in [2.24, 2.45) is 7.05 Å². The Balaban J connectivity index is 1.71. The first-order chi connectivity index (χ1) is 12.6. The third-order valence-corrected chi connectivity index (χ3v) is 5.00. The summed E-state index contributed by atoms with van der Waals surface area (Å²) < 4.78 is 6.88. The summed E-state index contributed by atoms with van der Waals surface area (Å²) in [6, 6.07) is 7.69. The Morgan fingerprint density at radius 3 is 3.04 bits per heavy atom. The van der Waals surface area contributed by atoms with Crippen LogP contribution in [0.3, 0.4) is 0 Å². The number of aromatic amines is 1. The van der Waals surface area contributed by atoms with Crippen LogP contribution in [0.5, 0.6) is 5.75 Å². The summed E-state index contributed by atoms with van der Waals surface area (Å²) in [4.78, 5) is 30.6. The quantitative estimate of drug-likeness (QED) is 0.784. The van der Waals surface area contributed by atoms with E-state index in [2.05, 4.69) is 10.1 Å². The lowest BCUT2D eigenvalue weighted by molar-refractivity contribution is 0.0734. The molecule has 1 saturated heterocycles. The molecule has 1 atom stereocenters. The second-order valence-electron chi connectivity index (χ2n) is 6.50. The Bertz CT molecular complexity index is 1040. The molecule has 7 nitrogen and oxygen atoms in total. The van der Waals surface area contributed by atoms with E-state index in [9.17, 15) is 9.59 Å². The molecular weight excluding hydrogens is 332 g/mol. The fraction of sp³-hybridized carbons (Fsp3) is 0.316. The number of nitrogens with one attached hydrogen (secondary N) is 1. The highest BCUT2D eigenvalue weighted by Gasteiger charge is 2.32. The number of methoxy groups -OCH3 is 1. The summed E-state index contributed by atoms with van der Waals surface area (Å²) in [5.41, 5.74) is 1.50. The lowest BCUT2D eigenvalue weighted by atomic mass is 10.0. The van der Waals surface area contributed by atoms with Gasteiger partial charge in [-0.25, -0.2) is 0 Å². The number of ether oxygens (including phenoxy) is 1. The zero-order chi connectivity index (χ0) is 18.3. The fourth-order valence-electron chi connectivity index (χ4n) is 3.64. The Labute approximate surface area is 150 Å². The molecule has 1 fully saturated rings. The number of aryl methyl sites for hydroxylation is 1. The molecule has 0 radical (unpaired) electrons. The summed E-state index contributed by atoms with van der Waals surface area (Å²) in [6.45, 7) is 0.630. The van der Waals surface area contributed by atoms with Gasteiger partial charge in [-0.05, 0) is 30.5 Å². The highest BCUT2D eigenvalue weighted by molar-refractivity contribution is 5.97. The Morgan fingerprint density at radius 2 is 2.23 bits per heavy atom. The molecule has 3 heterocycles. The first-order valence-corrected chi connectivity index (χ1v) is 8.58. The average Bonchev–Trinajstić information content (AvgIpc) is 3.29. The van der Waals surface area contributed by atoms with Gasteiger partial charge in [-0.2, -0.15) is 5.10 Å². The molecule has 2 aromatic heterocycles. The predicted molar refractivity (Wildman–Crippen MR) is 97.3 cm³/mol. The molecule has 26 heavy (non-hydrogen) atoms. The number of hydrogen-bond acceptors (Lipinski definition) is 4. The topological polar surface area (TPSA) is 80.2 Å². The van der Waals surface area contributed by atoms with E-state index in [0.29, 0.717) is 17.6 Å². The van der Waals surface area contributed by atoms with Crippen LogP contribution in [0.25, 0.3) is 11.0 Å². The number of rotatable bonds is 3. The van der Waals surface area contributed by atoms with Gasteiger partial charge in [-0.15, -0.1) is 0 Å². The molecule has 1 aliphatic rings. The molecule has 1 amide bonds. The molecule has 7 heteroatoms. The highest BCUT2D eigenvalue weighted by atomic mass is 16.5. The Hall–Kier alpha value is -3.09. The van der Waals surface area contributed by atoms with Crippen molar-refractivity contribution in [1.82, 2.24) is 19.7 Å². The second kappa shape index (κ2) is 6.33. The normalized spacial score (nSPS) is 17.0. The SMILES string of the molecule is COc1cccc(C2CCCN2C(=O)c2c[nH]c3c(cnn3C)c2=O)c1. The van der Waals surface area contributed by atoms with Crippen LogP contribution in [0.4, 0.5) is 0 Å². The summed E-state index contributed by atoms with van der Waals surface area (Å²) in [5.74, 6) is 0.513. The first-order valence-electron chi connectivity index (χ1n) is 8.58. The zero-order valence-corrected chi connectivity index (χ0v) is 14.7.